The summed E-state index contributed by atoms with van der Waals surface area (Å²) in [6.45, 7) is 3.89. The molecule has 1 aliphatic heterocycles. The monoisotopic (exact) mass is 454 g/mol. The normalized spacial score (nSPS) is 19.8. The molecule has 2 amide bonds. The lowest BCUT2D eigenvalue weighted by molar-refractivity contribution is -0.125. The average molecular weight is 455 g/mol. The number of halogens is 3. The van der Waals surface area contributed by atoms with Gasteiger partial charge in [-0.15, -0.1) is 11.8 Å². The van der Waals surface area contributed by atoms with E-state index >= 15 is 0 Å². The molecule has 2 aromatic carbocycles. The second-order valence-electron chi connectivity index (χ2n) is 6.91. The zero-order chi connectivity index (χ0) is 21.1. The Morgan fingerprint density at radius 3 is 2.55 bits per heavy atom. The fourth-order valence-corrected chi connectivity index (χ4v) is 5.00. The van der Waals surface area contributed by atoms with Crippen LogP contribution in [0.5, 0.6) is 0 Å². The highest BCUT2D eigenvalue weighted by molar-refractivity contribution is 7.99. The van der Waals surface area contributed by atoms with Crippen molar-refractivity contribution in [3.63, 3.8) is 0 Å². The van der Waals surface area contributed by atoms with Gasteiger partial charge in [-0.2, -0.15) is 0 Å². The summed E-state index contributed by atoms with van der Waals surface area (Å²) in [7, 11) is 0. The fourth-order valence-electron chi connectivity index (χ4n) is 3.08. The predicted molar refractivity (Wildman–Crippen MR) is 116 cm³/mol. The summed E-state index contributed by atoms with van der Waals surface area (Å²) in [5.41, 5.74) is 1.01. The molecule has 1 heterocycles. The number of carbonyl (C=O) groups excluding carboxylic acids is 2. The molecule has 29 heavy (non-hydrogen) atoms. The summed E-state index contributed by atoms with van der Waals surface area (Å²) >= 11 is 13.7. The predicted octanol–water partition coefficient (Wildman–Crippen LogP) is 5.30. The van der Waals surface area contributed by atoms with Gasteiger partial charge >= 0.3 is 0 Å². The molecule has 1 fully saturated rings. The van der Waals surface area contributed by atoms with Crippen LogP contribution < -0.4 is 5.32 Å². The molecule has 0 saturated carbocycles. The van der Waals surface area contributed by atoms with E-state index in [4.69, 9.17) is 23.2 Å². The lowest BCUT2D eigenvalue weighted by atomic mass is 10.1. The molecule has 3 atom stereocenters. The van der Waals surface area contributed by atoms with Crippen molar-refractivity contribution in [1.82, 2.24) is 10.2 Å². The van der Waals surface area contributed by atoms with E-state index in [1.54, 1.807) is 24.3 Å². The lowest BCUT2D eigenvalue weighted by Gasteiger charge is -2.30. The highest BCUT2D eigenvalue weighted by atomic mass is 35.5. The molecule has 0 spiro atoms. The number of nitrogens with zero attached hydrogens (tertiary/aromatic N) is 1. The molecule has 3 rings (SSSR count). The third kappa shape index (κ3) is 4.87. The van der Waals surface area contributed by atoms with Gasteiger partial charge in [0.25, 0.3) is 5.91 Å². The van der Waals surface area contributed by atoms with Crippen LogP contribution in [0.1, 0.15) is 41.6 Å². The van der Waals surface area contributed by atoms with Gasteiger partial charge in [0.1, 0.15) is 17.2 Å². The Hall–Kier alpha value is -1.76. The molecule has 0 aliphatic carbocycles. The van der Waals surface area contributed by atoms with Crippen LogP contribution in [0.25, 0.3) is 0 Å². The van der Waals surface area contributed by atoms with E-state index in [9.17, 15) is 14.0 Å². The molecule has 0 bridgehead atoms. The van der Waals surface area contributed by atoms with Gasteiger partial charge in [0.05, 0.1) is 10.6 Å². The van der Waals surface area contributed by atoms with Gasteiger partial charge in [0.15, 0.2) is 0 Å². The van der Waals surface area contributed by atoms with Gasteiger partial charge < -0.3 is 10.2 Å². The van der Waals surface area contributed by atoms with Crippen LogP contribution in [0.3, 0.4) is 0 Å². The first-order valence-corrected chi connectivity index (χ1v) is 11.1. The highest BCUT2D eigenvalue weighted by Crippen LogP contribution is 2.43. The Morgan fingerprint density at radius 1 is 1.24 bits per heavy atom. The van der Waals surface area contributed by atoms with Crippen molar-refractivity contribution >= 4 is 46.8 Å². The summed E-state index contributed by atoms with van der Waals surface area (Å²) < 4.78 is 13.4. The van der Waals surface area contributed by atoms with E-state index in [1.807, 2.05) is 13.8 Å². The lowest BCUT2D eigenvalue weighted by Crippen LogP contribution is -2.50. The molecule has 1 saturated heterocycles. The van der Waals surface area contributed by atoms with Gasteiger partial charge in [-0.05, 0) is 49.2 Å². The van der Waals surface area contributed by atoms with Crippen LogP contribution in [0.4, 0.5) is 4.39 Å². The molecular weight excluding hydrogens is 434 g/mol. The molecule has 1 aliphatic rings. The van der Waals surface area contributed by atoms with Crippen molar-refractivity contribution in [1.29, 1.82) is 0 Å². The molecule has 0 aromatic heterocycles. The largest absolute Gasteiger partial charge is 0.352 e. The van der Waals surface area contributed by atoms with Crippen molar-refractivity contribution in [3.05, 3.63) is 69.5 Å². The maximum Gasteiger partial charge on any atom is 0.257 e. The van der Waals surface area contributed by atoms with Crippen LogP contribution in [0.15, 0.2) is 42.5 Å². The Kier molecular flexibility index (Phi) is 7.09. The number of benzene rings is 2. The van der Waals surface area contributed by atoms with Crippen LogP contribution in [-0.2, 0) is 4.79 Å². The van der Waals surface area contributed by atoms with E-state index in [2.05, 4.69) is 5.32 Å². The van der Waals surface area contributed by atoms with E-state index in [0.717, 1.165) is 12.0 Å². The van der Waals surface area contributed by atoms with Gasteiger partial charge in [-0.3, -0.25) is 9.59 Å². The third-order valence-electron chi connectivity index (χ3n) is 4.86. The van der Waals surface area contributed by atoms with Crippen molar-refractivity contribution in [3.8, 4) is 0 Å². The van der Waals surface area contributed by atoms with Crippen molar-refractivity contribution in [2.75, 3.05) is 5.75 Å². The molecule has 4 nitrogen and oxygen atoms in total. The molecule has 154 valence electrons. The molecule has 3 unspecified atom stereocenters. The second-order valence-corrected chi connectivity index (χ2v) is 8.86. The van der Waals surface area contributed by atoms with E-state index in [1.165, 1.54) is 34.9 Å². The highest BCUT2D eigenvalue weighted by Gasteiger charge is 2.43. The van der Waals surface area contributed by atoms with Crippen molar-refractivity contribution < 1.29 is 14.0 Å². The van der Waals surface area contributed by atoms with Crippen LogP contribution in [-0.4, -0.2) is 34.6 Å². The number of hydrogen-bond donors (Lipinski definition) is 1. The summed E-state index contributed by atoms with van der Waals surface area (Å²) in [5, 5.41) is 3.16. The molecule has 8 heteroatoms. The Labute approximate surface area is 183 Å². The number of amides is 2. The molecule has 0 radical (unpaired) electrons. The molecule has 1 N–H and O–H groups in total. The summed E-state index contributed by atoms with van der Waals surface area (Å²) in [5.74, 6) is -0.507. The molecule has 2 aromatic rings. The topological polar surface area (TPSA) is 49.4 Å². The minimum atomic E-state index is -0.664. The average Bonchev–Trinajstić information content (AvgIpc) is 3.13. The number of nitrogens with one attached hydrogen (secondary N) is 1. The molecular formula is C21H21Cl2FN2O2S. The summed E-state index contributed by atoms with van der Waals surface area (Å²) in [6.07, 6.45) is 0.782. The Morgan fingerprint density at radius 2 is 1.93 bits per heavy atom. The quantitative estimate of drug-likeness (QED) is 0.666. The second kappa shape index (κ2) is 9.37. The first-order chi connectivity index (χ1) is 13.8. The Bertz CT molecular complexity index is 910. The number of rotatable bonds is 5. The van der Waals surface area contributed by atoms with Gasteiger partial charge in [0, 0.05) is 16.8 Å². The number of hydrogen-bond acceptors (Lipinski definition) is 3. The first kappa shape index (κ1) is 21.9. The Balaban J connectivity index is 1.98. The van der Waals surface area contributed by atoms with Crippen LogP contribution in [0, 0.1) is 5.82 Å². The minimum absolute atomic E-state index is 0.00607. The van der Waals surface area contributed by atoms with Crippen LogP contribution >= 0.6 is 35.0 Å². The van der Waals surface area contributed by atoms with Crippen molar-refractivity contribution in [2.45, 2.75) is 37.7 Å². The third-order valence-corrected chi connectivity index (χ3v) is 6.73. The van der Waals surface area contributed by atoms with Gasteiger partial charge in [-0.1, -0.05) is 42.3 Å². The SMILES string of the molecule is CCC(C)NC(=O)C1CSC(c2ccc(F)cc2)N1C(=O)c1ccc(Cl)cc1Cl. The summed E-state index contributed by atoms with van der Waals surface area (Å²) in [6, 6.07) is 9.93. The zero-order valence-electron chi connectivity index (χ0n) is 16.0. The van der Waals surface area contributed by atoms with Gasteiger partial charge in [0.2, 0.25) is 5.91 Å². The smallest absolute Gasteiger partial charge is 0.257 e. The first-order valence-electron chi connectivity index (χ1n) is 9.27. The van der Waals surface area contributed by atoms with E-state index < -0.39 is 11.4 Å². The zero-order valence-corrected chi connectivity index (χ0v) is 18.3. The summed E-state index contributed by atoms with van der Waals surface area (Å²) in [4.78, 5) is 27.9. The van der Waals surface area contributed by atoms with E-state index in [-0.39, 0.29) is 34.3 Å². The minimum Gasteiger partial charge on any atom is -0.352 e. The van der Waals surface area contributed by atoms with Crippen LogP contribution in [0.2, 0.25) is 10.0 Å². The number of thioether (sulfide) groups is 1. The van der Waals surface area contributed by atoms with Gasteiger partial charge in [-0.25, -0.2) is 4.39 Å². The fraction of sp³-hybridized carbons (Fsp3) is 0.333. The number of carbonyl (C=O) groups is 2. The standard InChI is InChI=1S/C21H21Cl2FN2O2S/c1-3-12(2)25-19(27)18-11-29-21(13-4-7-15(24)8-5-13)26(18)20(28)16-9-6-14(22)10-17(16)23/h4-10,12,18,21H,3,11H2,1-2H3,(H,25,27). The van der Waals surface area contributed by atoms with E-state index in [0.29, 0.717) is 10.8 Å². The maximum atomic E-state index is 13.4. The van der Waals surface area contributed by atoms with Crippen molar-refractivity contribution in [2.24, 2.45) is 0 Å². The maximum absolute atomic E-state index is 13.4.